The van der Waals surface area contributed by atoms with Gasteiger partial charge in [-0.15, -0.1) is 0 Å². The minimum absolute atomic E-state index is 0.0597. The summed E-state index contributed by atoms with van der Waals surface area (Å²) in [5.74, 6) is -2.89. The molecule has 11 heteroatoms. The lowest BCUT2D eigenvalue weighted by molar-refractivity contribution is -0.136. The number of hydrogen-bond donors (Lipinski definition) is 4. The molecular formula is C25H26FN5O5. The number of imide groups is 2. The average molecular weight is 496 g/mol. The molecule has 0 aliphatic carbocycles. The molecule has 2 aliphatic heterocycles. The summed E-state index contributed by atoms with van der Waals surface area (Å²) in [7, 11) is 0. The summed E-state index contributed by atoms with van der Waals surface area (Å²) in [4.78, 5) is 62.7. The first-order valence-corrected chi connectivity index (χ1v) is 11.7. The minimum Gasteiger partial charge on any atom is -0.397 e. The molecule has 0 spiro atoms. The van der Waals surface area contributed by atoms with Crippen LogP contribution in [-0.4, -0.2) is 47.0 Å². The molecule has 36 heavy (non-hydrogen) atoms. The molecule has 1 atom stereocenters. The summed E-state index contributed by atoms with van der Waals surface area (Å²) in [5, 5.41) is 8.01. The molecule has 5 N–H and O–H groups in total. The van der Waals surface area contributed by atoms with Crippen LogP contribution in [-0.2, 0) is 14.4 Å². The van der Waals surface area contributed by atoms with Gasteiger partial charge in [0.25, 0.3) is 11.8 Å². The first-order chi connectivity index (χ1) is 17.3. The smallest absolute Gasteiger partial charge is 0.264 e. The number of anilines is 3. The van der Waals surface area contributed by atoms with Gasteiger partial charge in [-0.1, -0.05) is 12.5 Å². The van der Waals surface area contributed by atoms with Crippen molar-refractivity contribution < 1.29 is 28.4 Å². The Morgan fingerprint density at radius 3 is 2.61 bits per heavy atom. The zero-order valence-electron chi connectivity index (χ0n) is 19.4. The van der Waals surface area contributed by atoms with E-state index in [9.17, 15) is 28.4 Å². The topological polar surface area (TPSA) is 151 Å². The van der Waals surface area contributed by atoms with E-state index < -0.39 is 35.5 Å². The fourth-order valence-electron chi connectivity index (χ4n) is 4.33. The second-order valence-corrected chi connectivity index (χ2v) is 8.69. The zero-order chi connectivity index (χ0) is 25.8. The number of nitrogens with zero attached hydrogens (tertiary/aromatic N) is 1. The lowest BCUT2D eigenvalue weighted by Crippen LogP contribution is -2.54. The van der Waals surface area contributed by atoms with Crippen molar-refractivity contribution in [2.45, 2.75) is 44.6 Å². The Labute approximate surface area is 206 Å². The van der Waals surface area contributed by atoms with E-state index in [1.807, 2.05) is 0 Å². The van der Waals surface area contributed by atoms with E-state index in [4.69, 9.17) is 5.73 Å². The number of carbonyl (C=O) groups is 5. The Hall–Kier alpha value is -4.28. The van der Waals surface area contributed by atoms with Crippen LogP contribution in [0.3, 0.4) is 0 Å². The van der Waals surface area contributed by atoms with Crippen LogP contribution >= 0.6 is 0 Å². The predicted molar refractivity (Wildman–Crippen MR) is 130 cm³/mol. The van der Waals surface area contributed by atoms with Crippen LogP contribution in [0.4, 0.5) is 21.5 Å². The molecule has 10 nitrogen and oxygen atoms in total. The number of fused-ring (bicyclic) bond motifs is 1. The Morgan fingerprint density at radius 1 is 1.06 bits per heavy atom. The van der Waals surface area contributed by atoms with Gasteiger partial charge in [-0.2, -0.15) is 0 Å². The van der Waals surface area contributed by atoms with Gasteiger partial charge in [0.1, 0.15) is 11.9 Å². The molecule has 0 saturated carbocycles. The van der Waals surface area contributed by atoms with E-state index in [-0.39, 0.29) is 42.0 Å². The summed E-state index contributed by atoms with van der Waals surface area (Å²) in [6.45, 7) is 0.503. The minimum atomic E-state index is -1.01. The molecule has 4 rings (SSSR count). The second-order valence-electron chi connectivity index (χ2n) is 8.69. The molecule has 2 aromatic carbocycles. The van der Waals surface area contributed by atoms with Crippen LogP contribution in [0.15, 0.2) is 36.4 Å². The number of nitrogens with two attached hydrogens (primary N) is 1. The quantitative estimate of drug-likeness (QED) is 0.237. The maximum absolute atomic E-state index is 13.1. The zero-order valence-corrected chi connectivity index (χ0v) is 19.4. The highest BCUT2D eigenvalue weighted by Crippen LogP contribution is 2.32. The van der Waals surface area contributed by atoms with E-state index >= 15 is 0 Å². The van der Waals surface area contributed by atoms with Crippen LogP contribution in [0.25, 0.3) is 0 Å². The number of unbranched alkanes of at least 4 members (excludes halogenated alkanes) is 2. The molecule has 1 unspecified atom stereocenters. The van der Waals surface area contributed by atoms with Crippen molar-refractivity contribution in [2.24, 2.45) is 0 Å². The number of rotatable bonds is 9. The van der Waals surface area contributed by atoms with Gasteiger partial charge in [0.2, 0.25) is 17.7 Å². The summed E-state index contributed by atoms with van der Waals surface area (Å²) in [5.41, 5.74) is 7.14. The highest BCUT2D eigenvalue weighted by Gasteiger charge is 2.45. The number of hydrogen-bond acceptors (Lipinski definition) is 7. The number of carbonyl (C=O) groups excluding carboxylic acids is 5. The van der Waals surface area contributed by atoms with Crippen molar-refractivity contribution in [1.29, 1.82) is 0 Å². The van der Waals surface area contributed by atoms with Crippen molar-refractivity contribution in [1.82, 2.24) is 10.2 Å². The monoisotopic (exact) mass is 495 g/mol. The van der Waals surface area contributed by atoms with Crippen LogP contribution in [0.5, 0.6) is 0 Å². The Bertz CT molecular complexity index is 1250. The highest BCUT2D eigenvalue weighted by atomic mass is 19.1. The Kier molecular flexibility index (Phi) is 7.28. The second kappa shape index (κ2) is 10.5. The van der Waals surface area contributed by atoms with Gasteiger partial charge in [-0.3, -0.25) is 34.2 Å². The summed E-state index contributed by atoms with van der Waals surface area (Å²) in [6, 6.07) is 7.66. The van der Waals surface area contributed by atoms with Crippen LogP contribution in [0.2, 0.25) is 0 Å². The molecule has 5 amide bonds. The standard InChI is InChI=1S/C25H26FN5O5/c26-14-8-9-17(16(27)13-14)29-20(32)7-2-1-3-12-28-18-6-4-5-15-22(18)25(36)31(24(15)35)19-10-11-21(33)30-23(19)34/h4-6,8-9,13,19,28H,1-3,7,10-12,27H2,(H,29,32)(H,30,33,34). The maximum atomic E-state index is 13.1. The third-order valence-electron chi connectivity index (χ3n) is 6.15. The van der Waals surface area contributed by atoms with Crippen molar-refractivity contribution >= 4 is 46.6 Å². The van der Waals surface area contributed by atoms with E-state index in [0.29, 0.717) is 30.8 Å². The lowest BCUT2D eigenvalue weighted by atomic mass is 10.0. The molecule has 1 fully saturated rings. The Balaban J connectivity index is 1.27. The molecular weight excluding hydrogens is 469 g/mol. The van der Waals surface area contributed by atoms with Gasteiger partial charge < -0.3 is 16.4 Å². The SMILES string of the molecule is Nc1cc(F)ccc1NC(=O)CCCCCNc1cccc2c1C(=O)N(C1CCC(=O)NC1=O)C2=O. The number of nitrogens with one attached hydrogen (secondary N) is 3. The number of piperidine rings is 1. The van der Waals surface area contributed by atoms with E-state index in [0.717, 1.165) is 17.4 Å². The first kappa shape index (κ1) is 24.8. The van der Waals surface area contributed by atoms with Gasteiger partial charge in [-0.25, -0.2) is 4.39 Å². The van der Waals surface area contributed by atoms with Crippen LogP contribution < -0.4 is 21.7 Å². The lowest BCUT2D eigenvalue weighted by Gasteiger charge is -2.27. The normalized spacial score (nSPS) is 17.1. The van der Waals surface area contributed by atoms with Crippen molar-refractivity contribution in [3.05, 3.63) is 53.3 Å². The largest absolute Gasteiger partial charge is 0.397 e. The fraction of sp³-hybridized carbons (Fsp3) is 0.320. The van der Waals surface area contributed by atoms with Crippen LogP contribution in [0, 0.1) is 5.82 Å². The van der Waals surface area contributed by atoms with E-state index in [1.54, 1.807) is 18.2 Å². The fourth-order valence-corrected chi connectivity index (χ4v) is 4.33. The molecule has 0 bridgehead atoms. The number of nitrogen functional groups attached to an aromatic ring is 1. The summed E-state index contributed by atoms with van der Waals surface area (Å²) < 4.78 is 13.1. The maximum Gasteiger partial charge on any atom is 0.264 e. The third-order valence-corrected chi connectivity index (χ3v) is 6.15. The number of benzene rings is 2. The predicted octanol–water partition coefficient (Wildman–Crippen LogP) is 2.42. The molecule has 188 valence electrons. The summed E-state index contributed by atoms with van der Waals surface area (Å²) in [6.07, 6.45) is 2.47. The van der Waals surface area contributed by atoms with Crippen molar-refractivity contribution in [3.8, 4) is 0 Å². The molecule has 0 aromatic heterocycles. The molecule has 2 aliphatic rings. The molecule has 2 heterocycles. The van der Waals surface area contributed by atoms with E-state index in [1.165, 1.54) is 12.1 Å². The molecule has 2 aromatic rings. The van der Waals surface area contributed by atoms with Crippen LogP contribution in [0.1, 0.15) is 59.2 Å². The number of halogens is 1. The van der Waals surface area contributed by atoms with Gasteiger partial charge in [0.15, 0.2) is 0 Å². The summed E-state index contributed by atoms with van der Waals surface area (Å²) >= 11 is 0. The van der Waals surface area contributed by atoms with Gasteiger partial charge >= 0.3 is 0 Å². The van der Waals surface area contributed by atoms with E-state index in [2.05, 4.69) is 16.0 Å². The van der Waals surface area contributed by atoms with Gasteiger partial charge in [0, 0.05) is 25.1 Å². The average Bonchev–Trinajstić information content (AvgIpc) is 3.09. The first-order valence-electron chi connectivity index (χ1n) is 11.7. The van der Waals surface area contributed by atoms with Crippen molar-refractivity contribution in [3.63, 3.8) is 0 Å². The van der Waals surface area contributed by atoms with Gasteiger partial charge in [-0.05, 0) is 49.6 Å². The van der Waals surface area contributed by atoms with Crippen molar-refractivity contribution in [2.75, 3.05) is 22.9 Å². The molecule has 0 radical (unpaired) electrons. The highest BCUT2D eigenvalue weighted by molar-refractivity contribution is 6.25. The molecule has 1 saturated heterocycles. The Morgan fingerprint density at radius 2 is 1.86 bits per heavy atom. The van der Waals surface area contributed by atoms with Gasteiger partial charge in [0.05, 0.1) is 22.5 Å². The third kappa shape index (κ3) is 5.19. The number of amides is 5.